The predicted molar refractivity (Wildman–Crippen MR) is 104 cm³/mol. The number of nitrogens with zero attached hydrogens (tertiary/aromatic N) is 2. The topological polar surface area (TPSA) is 23.6 Å². The van der Waals surface area contributed by atoms with E-state index >= 15 is 0 Å². The van der Waals surface area contributed by atoms with Gasteiger partial charge in [0.1, 0.15) is 0 Å². The van der Waals surface area contributed by atoms with Crippen LogP contribution in [-0.2, 0) is 6.54 Å². The first-order valence-corrected chi connectivity index (χ1v) is 9.36. The van der Waals surface area contributed by atoms with Crippen LogP contribution in [0.1, 0.15) is 15.9 Å². The van der Waals surface area contributed by atoms with E-state index < -0.39 is 0 Å². The largest absolute Gasteiger partial charge is 0.336 e. The Labute approximate surface area is 167 Å². The van der Waals surface area contributed by atoms with Crippen LogP contribution in [0.5, 0.6) is 0 Å². The van der Waals surface area contributed by atoms with Gasteiger partial charge < -0.3 is 4.90 Å². The second-order valence-corrected chi connectivity index (χ2v) is 7.55. The summed E-state index contributed by atoms with van der Waals surface area (Å²) < 4.78 is 0. The van der Waals surface area contributed by atoms with Gasteiger partial charge in [0.15, 0.2) is 0 Å². The second-order valence-electron chi connectivity index (χ2n) is 5.89. The van der Waals surface area contributed by atoms with Gasteiger partial charge in [-0.1, -0.05) is 52.5 Å². The van der Waals surface area contributed by atoms with Crippen LogP contribution in [0.4, 0.5) is 0 Å². The monoisotopic (exact) mass is 416 g/mol. The molecule has 1 heterocycles. The second kappa shape index (κ2) is 8.15. The Morgan fingerprint density at radius 2 is 1.52 bits per heavy atom. The molecular formula is C18H16Cl4N2O. The standard InChI is InChI=1S/C18H16Cl4N2O/c19-12-4-5-13(17(22)10-12)18(25)24-8-6-23(7-9-24)11-14-15(20)2-1-3-16(14)21/h1-5,10H,6-9,11H2. The first kappa shape index (κ1) is 18.8. The van der Waals surface area contributed by atoms with Crippen molar-refractivity contribution in [2.75, 3.05) is 26.2 Å². The summed E-state index contributed by atoms with van der Waals surface area (Å²) >= 11 is 24.5. The van der Waals surface area contributed by atoms with E-state index in [9.17, 15) is 4.79 Å². The van der Waals surface area contributed by atoms with Crippen molar-refractivity contribution in [3.63, 3.8) is 0 Å². The molecule has 0 spiro atoms. The van der Waals surface area contributed by atoms with Crippen molar-refractivity contribution in [2.45, 2.75) is 6.54 Å². The molecule has 3 nitrogen and oxygen atoms in total. The summed E-state index contributed by atoms with van der Waals surface area (Å²) in [7, 11) is 0. The highest BCUT2D eigenvalue weighted by Gasteiger charge is 2.24. The van der Waals surface area contributed by atoms with Crippen molar-refractivity contribution in [1.82, 2.24) is 9.80 Å². The lowest BCUT2D eigenvalue weighted by Gasteiger charge is -2.35. The molecule has 0 aliphatic carbocycles. The van der Waals surface area contributed by atoms with Gasteiger partial charge in [0.05, 0.1) is 10.6 Å². The molecule has 1 amide bonds. The van der Waals surface area contributed by atoms with Crippen molar-refractivity contribution in [2.24, 2.45) is 0 Å². The molecule has 2 aromatic carbocycles. The molecule has 1 aliphatic heterocycles. The molecule has 1 saturated heterocycles. The lowest BCUT2D eigenvalue weighted by Crippen LogP contribution is -2.48. The summed E-state index contributed by atoms with van der Waals surface area (Å²) in [6.45, 7) is 3.42. The van der Waals surface area contributed by atoms with E-state index in [1.54, 1.807) is 23.1 Å². The minimum Gasteiger partial charge on any atom is -0.336 e. The Balaban J connectivity index is 1.63. The molecular weight excluding hydrogens is 402 g/mol. The maximum atomic E-state index is 12.6. The van der Waals surface area contributed by atoms with Gasteiger partial charge in [-0.2, -0.15) is 0 Å². The normalized spacial score (nSPS) is 15.4. The van der Waals surface area contributed by atoms with Gasteiger partial charge in [0.2, 0.25) is 0 Å². The van der Waals surface area contributed by atoms with Crippen molar-refractivity contribution in [1.29, 1.82) is 0 Å². The van der Waals surface area contributed by atoms with E-state index in [1.807, 2.05) is 18.2 Å². The molecule has 7 heteroatoms. The smallest absolute Gasteiger partial charge is 0.255 e. The first-order valence-electron chi connectivity index (χ1n) is 7.85. The van der Waals surface area contributed by atoms with E-state index in [2.05, 4.69) is 4.90 Å². The highest BCUT2D eigenvalue weighted by atomic mass is 35.5. The third-order valence-corrected chi connectivity index (χ3v) is 5.52. The number of amides is 1. The van der Waals surface area contributed by atoms with Crippen molar-refractivity contribution < 1.29 is 4.79 Å². The van der Waals surface area contributed by atoms with Crippen LogP contribution in [0.2, 0.25) is 20.1 Å². The van der Waals surface area contributed by atoms with Gasteiger partial charge in [0, 0.05) is 53.4 Å². The Morgan fingerprint density at radius 1 is 0.880 bits per heavy atom. The third kappa shape index (κ3) is 4.42. The lowest BCUT2D eigenvalue weighted by atomic mass is 10.1. The van der Waals surface area contributed by atoms with E-state index in [1.165, 1.54) is 0 Å². The number of benzene rings is 2. The number of carbonyl (C=O) groups excluding carboxylic acids is 1. The molecule has 2 aromatic rings. The molecule has 1 fully saturated rings. The van der Waals surface area contributed by atoms with Crippen LogP contribution in [-0.4, -0.2) is 41.9 Å². The summed E-state index contributed by atoms with van der Waals surface area (Å²) in [5.41, 5.74) is 1.40. The SMILES string of the molecule is O=C(c1ccc(Cl)cc1Cl)N1CCN(Cc2c(Cl)cccc2Cl)CC1. The minimum absolute atomic E-state index is 0.0721. The summed E-state index contributed by atoms with van der Waals surface area (Å²) in [6, 6.07) is 10.4. The summed E-state index contributed by atoms with van der Waals surface area (Å²) in [4.78, 5) is 16.7. The quantitative estimate of drug-likeness (QED) is 0.679. The fourth-order valence-electron chi connectivity index (χ4n) is 2.85. The lowest BCUT2D eigenvalue weighted by molar-refractivity contribution is 0.0628. The molecule has 0 aromatic heterocycles. The summed E-state index contributed by atoms with van der Waals surface area (Å²) in [6.07, 6.45) is 0. The molecule has 1 aliphatic rings. The van der Waals surface area contributed by atoms with Gasteiger partial charge in [-0.25, -0.2) is 0 Å². The molecule has 3 rings (SSSR count). The highest BCUT2D eigenvalue weighted by Crippen LogP contribution is 2.27. The van der Waals surface area contributed by atoms with Crippen molar-refractivity contribution in [3.05, 3.63) is 67.6 Å². The Kier molecular flexibility index (Phi) is 6.13. The number of carbonyl (C=O) groups is 1. The van der Waals surface area contributed by atoms with E-state index in [4.69, 9.17) is 46.4 Å². The number of hydrogen-bond donors (Lipinski definition) is 0. The molecule has 0 N–H and O–H groups in total. The first-order chi connectivity index (χ1) is 12.0. The molecule has 0 atom stereocenters. The van der Waals surface area contributed by atoms with Crippen LogP contribution in [0.25, 0.3) is 0 Å². The minimum atomic E-state index is -0.0721. The highest BCUT2D eigenvalue weighted by molar-refractivity contribution is 6.37. The van der Waals surface area contributed by atoms with Crippen LogP contribution < -0.4 is 0 Å². The van der Waals surface area contributed by atoms with Crippen molar-refractivity contribution in [3.8, 4) is 0 Å². The number of piperazine rings is 1. The predicted octanol–water partition coefficient (Wildman–Crippen LogP) is 5.26. The average molecular weight is 418 g/mol. The van der Waals surface area contributed by atoms with Gasteiger partial charge in [0.25, 0.3) is 5.91 Å². The summed E-state index contributed by atoms with van der Waals surface area (Å²) in [5, 5.41) is 2.23. The number of rotatable bonds is 3. The maximum Gasteiger partial charge on any atom is 0.255 e. The molecule has 0 bridgehead atoms. The fraction of sp³-hybridized carbons (Fsp3) is 0.278. The van der Waals surface area contributed by atoms with Crippen LogP contribution in [0.15, 0.2) is 36.4 Å². The fourth-order valence-corrected chi connectivity index (χ4v) is 3.86. The zero-order chi connectivity index (χ0) is 18.0. The van der Waals surface area contributed by atoms with Crippen LogP contribution >= 0.6 is 46.4 Å². The molecule has 132 valence electrons. The van der Waals surface area contributed by atoms with Crippen LogP contribution in [0.3, 0.4) is 0 Å². The Hall–Kier alpha value is -0.970. The summed E-state index contributed by atoms with van der Waals surface area (Å²) in [5.74, 6) is -0.0721. The van der Waals surface area contributed by atoms with E-state index in [0.717, 1.165) is 18.7 Å². The van der Waals surface area contributed by atoms with Gasteiger partial charge in [-0.05, 0) is 30.3 Å². The molecule has 25 heavy (non-hydrogen) atoms. The van der Waals surface area contributed by atoms with Gasteiger partial charge >= 0.3 is 0 Å². The Morgan fingerprint density at radius 3 is 2.12 bits per heavy atom. The van der Waals surface area contributed by atoms with E-state index in [-0.39, 0.29) is 5.91 Å². The third-order valence-electron chi connectivity index (χ3n) is 4.26. The molecule has 0 unspecified atom stereocenters. The average Bonchev–Trinajstić information content (AvgIpc) is 2.58. The molecule has 0 saturated carbocycles. The van der Waals surface area contributed by atoms with Gasteiger partial charge in [-0.3, -0.25) is 9.69 Å². The van der Waals surface area contributed by atoms with Crippen LogP contribution in [0, 0.1) is 0 Å². The Bertz CT molecular complexity index is 768. The molecule has 0 radical (unpaired) electrons. The zero-order valence-electron chi connectivity index (χ0n) is 13.3. The van der Waals surface area contributed by atoms with Gasteiger partial charge in [-0.15, -0.1) is 0 Å². The number of hydrogen-bond acceptors (Lipinski definition) is 2. The van der Waals surface area contributed by atoms with E-state index in [0.29, 0.717) is 45.3 Å². The maximum absolute atomic E-state index is 12.6. The van der Waals surface area contributed by atoms with Crippen molar-refractivity contribution >= 4 is 52.3 Å². The number of halogens is 4. The zero-order valence-corrected chi connectivity index (χ0v) is 16.3.